The lowest BCUT2D eigenvalue weighted by molar-refractivity contribution is -0.140. The maximum Gasteiger partial charge on any atom is 0.327 e. The van der Waals surface area contributed by atoms with Gasteiger partial charge in [-0.05, 0) is 12.8 Å². The summed E-state index contributed by atoms with van der Waals surface area (Å²) in [6.45, 7) is 1.21. The number of nitrogens with zero attached hydrogens (tertiary/aromatic N) is 1. The summed E-state index contributed by atoms with van der Waals surface area (Å²) in [6, 6.07) is -1.01. The number of aliphatic carboxylic acids is 1. The number of carbonyl (C=O) groups is 2. The summed E-state index contributed by atoms with van der Waals surface area (Å²) in [7, 11) is 0. The fourth-order valence-electron chi connectivity index (χ4n) is 1.96. The van der Waals surface area contributed by atoms with Crippen LogP contribution in [0.5, 0.6) is 0 Å². The Hall–Kier alpha value is -0.950. The number of nitrogens with one attached hydrogen (secondary N) is 1. The van der Waals surface area contributed by atoms with Crippen LogP contribution in [0.4, 0.5) is 4.79 Å². The standard InChI is InChI=1S/C10H16N2O4S/c13-9(14)8-5-17-6-12(8)10(15)11-4-7-2-1-3-16-7/h7-8H,1-6H2,(H,11,15)(H,13,14). The molecule has 2 N–H and O–H groups in total. The van der Waals surface area contributed by atoms with E-state index in [-0.39, 0.29) is 12.1 Å². The van der Waals surface area contributed by atoms with Gasteiger partial charge >= 0.3 is 12.0 Å². The van der Waals surface area contributed by atoms with Crippen LogP contribution in [0.25, 0.3) is 0 Å². The Morgan fingerprint density at radius 2 is 2.35 bits per heavy atom. The monoisotopic (exact) mass is 260 g/mol. The molecule has 0 aliphatic carbocycles. The van der Waals surface area contributed by atoms with Crippen molar-refractivity contribution in [3.63, 3.8) is 0 Å². The van der Waals surface area contributed by atoms with Crippen LogP contribution in [0.1, 0.15) is 12.8 Å². The third-order valence-electron chi connectivity index (χ3n) is 2.93. The molecule has 0 saturated carbocycles. The van der Waals surface area contributed by atoms with E-state index >= 15 is 0 Å². The number of ether oxygens (including phenoxy) is 1. The summed E-state index contributed by atoms with van der Waals surface area (Å²) in [5.74, 6) is -0.0425. The van der Waals surface area contributed by atoms with Crippen molar-refractivity contribution in [2.24, 2.45) is 0 Å². The third-order valence-corrected chi connectivity index (χ3v) is 3.95. The van der Waals surface area contributed by atoms with Gasteiger partial charge in [-0.1, -0.05) is 0 Å². The number of urea groups is 1. The van der Waals surface area contributed by atoms with Crippen LogP contribution in [0.3, 0.4) is 0 Å². The summed E-state index contributed by atoms with van der Waals surface area (Å²) in [5, 5.41) is 11.7. The van der Waals surface area contributed by atoms with Gasteiger partial charge in [0.1, 0.15) is 6.04 Å². The number of rotatable bonds is 3. The summed E-state index contributed by atoms with van der Waals surface area (Å²) < 4.78 is 5.39. The Morgan fingerprint density at radius 1 is 1.53 bits per heavy atom. The van der Waals surface area contributed by atoms with Crippen LogP contribution in [-0.4, -0.2) is 58.9 Å². The fraction of sp³-hybridized carbons (Fsp3) is 0.800. The second-order valence-electron chi connectivity index (χ2n) is 4.14. The number of carboxylic acid groups (broad SMARTS) is 1. The second kappa shape index (κ2) is 5.59. The molecule has 2 aliphatic rings. The molecule has 0 aromatic heterocycles. The molecule has 2 amide bonds. The first kappa shape index (κ1) is 12.5. The first-order valence-electron chi connectivity index (χ1n) is 5.65. The highest BCUT2D eigenvalue weighted by Crippen LogP contribution is 2.21. The van der Waals surface area contributed by atoms with Gasteiger partial charge in [-0.15, -0.1) is 11.8 Å². The van der Waals surface area contributed by atoms with Crippen molar-refractivity contribution in [2.75, 3.05) is 24.8 Å². The molecule has 2 aliphatic heterocycles. The second-order valence-corrected chi connectivity index (χ2v) is 5.14. The van der Waals surface area contributed by atoms with E-state index < -0.39 is 12.0 Å². The molecule has 17 heavy (non-hydrogen) atoms. The number of thioether (sulfide) groups is 1. The minimum absolute atomic E-state index is 0.0810. The molecule has 2 atom stereocenters. The van der Waals surface area contributed by atoms with Crippen molar-refractivity contribution in [2.45, 2.75) is 25.0 Å². The van der Waals surface area contributed by atoms with Crippen molar-refractivity contribution >= 4 is 23.8 Å². The van der Waals surface area contributed by atoms with E-state index in [9.17, 15) is 9.59 Å². The summed E-state index contributed by atoms with van der Waals surface area (Å²) in [5.41, 5.74) is 0. The number of hydrogen-bond donors (Lipinski definition) is 2. The van der Waals surface area contributed by atoms with Crippen LogP contribution < -0.4 is 5.32 Å². The van der Waals surface area contributed by atoms with Crippen LogP contribution in [-0.2, 0) is 9.53 Å². The number of carbonyl (C=O) groups excluding carboxylic acids is 1. The van der Waals surface area contributed by atoms with E-state index in [1.807, 2.05) is 0 Å². The molecule has 2 unspecified atom stereocenters. The largest absolute Gasteiger partial charge is 0.480 e. The minimum Gasteiger partial charge on any atom is -0.480 e. The van der Waals surface area contributed by atoms with Crippen LogP contribution in [0, 0.1) is 0 Å². The summed E-state index contributed by atoms with van der Waals surface area (Å²) in [4.78, 5) is 24.1. The third kappa shape index (κ3) is 3.04. The van der Waals surface area contributed by atoms with E-state index in [0.717, 1.165) is 19.4 Å². The van der Waals surface area contributed by atoms with Crippen LogP contribution >= 0.6 is 11.8 Å². The minimum atomic E-state index is -0.942. The topological polar surface area (TPSA) is 78.9 Å². The highest BCUT2D eigenvalue weighted by molar-refractivity contribution is 7.99. The van der Waals surface area contributed by atoms with Gasteiger partial charge in [-0.25, -0.2) is 9.59 Å². The zero-order valence-corrected chi connectivity index (χ0v) is 10.2. The van der Waals surface area contributed by atoms with Gasteiger partial charge in [0, 0.05) is 18.9 Å². The molecule has 0 spiro atoms. The highest BCUT2D eigenvalue weighted by Gasteiger charge is 2.34. The Morgan fingerprint density at radius 3 is 3.00 bits per heavy atom. The van der Waals surface area contributed by atoms with Gasteiger partial charge in [-0.3, -0.25) is 0 Å². The predicted octanol–water partition coefficient (Wildman–Crippen LogP) is 0.334. The Balaban J connectivity index is 1.80. The van der Waals surface area contributed by atoms with Crippen molar-refractivity contribution < 1.29 is 19.4 Å². The summed E-state index contributed by atoms with van der Waals surface area (Å²) in [6.07, 6.45) is 2.06. The van der Waals surface area contributed by atoms with Gasteiger partial charge in [0.2, 0.25) is 0 Å². The SMILES string of the molecule is O=C(O)C1CSCN1C(=O)NCC1CCCO1. The average molecular weight is 260 g/mol. The molecule has 2 rings (SSSR count). The van der Waals surface area contributed by atoms with Crippen molar-refractivity contribution in [1.82, 2.24) is 10.2 Å². The first-order valence-corrected chi connectivity index (χ1v) is 6.80. The zero-order valence-electron chi connectivity index (χ0n) is 9.42. The zero-order chi connectivity index (χ0) is 12.3. The first-order chi connectivity index (χ1) is 8.18. The van der Waals surface area contributed by atoms with E-state index in [4.69, 9.17) is 9.84 Å². The molecule has 2 heterocycles. The van der Waals surface area contributed by atoms with Crippen molar-refractivity contribution in [3.8, 4) is 0 Å². The number of carboxylic acids is 1. The van der Waals surface area contributed by atoms with Gasteiger partial charge in [0.25, 0.3) is 0 Å². The maximum atomic E-state index is 11.8. The van der Waals surface area contributed by atoms with Crippen LogP contribution in [0.2, 0.25) is 0 Å². The molecule has 7 heteroatoms. The quantitative estimate of drug-likeness (QED) is 0.764. The molecule has 96 valence electrons. The predicted molar refractivity (Wildman–Crippen MR) is 63.0 cm³/mol. The fourth-order valence-corrected chi connectivity index (χ4v) is 3.10. The Bertz CT molecular complexity index is 307. The lowest BCUT2D eigenvalue weighted by atomic mass is 10.2. The lowest BCUT2D eigenvalue weighted by Gasteiger charge is -2.21. The highest BCUT2D eigenvalue weighted by atomic mass is 32.2. The van der Waals surface area contributed by atoms with E-state index in [1.54, 1.807) is 0 Å². The molecule has 0 bridgehead atoms. The lowest BCUT2D eigenvalue weighted by Crippen LogP contribution is -2.48. The Labute approximate surface area is 104 Å². The molecule has 6 nitrogen and oxygen atoms in total. The van der Waals surface area contributed by atoms with E-state index in [1.165, 1.54) is 16.7 Å². The average Bonchev–Trinajstić information content (AvgIpc) is 2.96. The molecule has 0 aromatic rings. The molecule has 0 radical (unpaired) electrons. The van der Waals surface area contributed by atoms with Gasteiger partial charge in [0.15, 0.2) is 0 Å². The van der Waals surface area contributed by atoms with Crippen molar-refractivity contribution in [1.29, 1.82) is 0 Å². The normalized spacial score (nSPS) is 28.4. The Kier molecular flexibility index (Phi) is 4.11. The van der Waals surface area contributed by atoms with E-state index in [0.29, 0.717) is 18.2 Å². The van der Waals surface area contributed by atoms with Gasteiger partial charge in [-0.2, -0.15) is 0 Å². The summed E-state index contributed by atoms with van der Waals surface area (Å²) >= 11 is 1.46. The molecule has 0 aromatic carbocycles. The molecular formula is C10H16N2O4S. The maximum absolute atomic E-state index is 11.8. The molecule has 2 fully saturated rings. The van der Waals surface area contributed by atoms with Crippen molar-refractivity contribution in [3.05, 3.63) is 0 Å². The van der Waals surface area contributed by atoms with E-state index in [2.05, 4.69) is 5.32 Å². The smallest absolute Gasteiger partial charge is 0.327 e. The van der Waals surface area contributed by atoms with Gasteiger partial charge in [0.05, 0.1) is 12.0 Å². The molecular weight excluding hydrogens is 244 g/mol. The van der Waals surface area contributed by atoms with Gasteiger partial charge < -0.3 is 20.1 Å². The molecule has 2 saturated heterocycles. The number of hydrogen-bond acceptors (Lipinski definition) is 4. The number of amides is 2. The van der Waals surface area contributed by atoms with Crippen LogP contribution in [0.15, 0.2) is 0 Å².